The van der Waals surface area contributed by atoms with Gasteiger partial charge < -0.3 is 10.1 Å². The van der Waals surface area contributed by atoms with Crippen molar-refractivity contribution in [3.63, 3.8) is 0 Å². The van der Waals surface area contributed by atoms with Crippen LogP contribution in [0.15, 0.2) is 42.5 Å². The lowest BCUT2D eigenvalue weighted by Crippen LogP contribution is -2.19. The molecule has 1 heterocycles. The lowest BCUT2D eigenvalue weighted by atomic mass is 10.1. The minimum absolute atomic E-state index is 0.0284. The fourth-order valence-electron chi connectivity index (χ4n) is 2.98. The molecule has 2 aromatic rings. The number of carbonyl (C=O) groups excluding carboxylic acids is 1. The molecule has 0 unspecified atom stereocenters. The zero-order valence-electron chi connectivity index (χ0n) is 13.6. The number of amides is 1. The Labute approximate surface area is 137 Å². The predicted molar refractivity (Wildman–Crippen MR) is 91.6 cm³/mol. The molecule has 0 spiro atoms. The molecule has 0 fully saturated rings. The first kappa shape index (κ1) is 15.6. The van der Waals surface area contributed by atoms with Gasteiger partial charge in [-0.15, -0.1) is 0 Å². The van der Waals surface area contributed by atoms with Gasteiger partial charge in [-0.05, 0) is 47.4 Å². The second-order valence-electron chi connectivity index (χ2n) is 5.97. The fraction of sp³-hybridized carbons (Fsp3) is 0.316. The average molecular weight is 310 g/mol. The number of benzene rings is 2. The number of rotatable bonds is 5. The molecule has 0 saturated heterocycles. The molecule has 120 valence electrons. The van der Waals surface area contributed by atoms with Gasteiger partial charge in [-0.1, -0.05) is 18.2 Å². The molecule has 1 aliphatic heterocycles. The Kier molecular flexibility index (Phi) is 4.63. The van der Waals surface area contributed by atoms with Gasteiger partial charge in [0.15, 0.2) is 0 Å². The van der Waals surface area contributed by atoms with E-state index in [1.807, 2.05) is 18.2 Å². The molecule has 4 nitrogen and oxygen atoms in total. The number of fused-ring (bicyclic) bond motifs is 1. The first-order chi connectivity index (χ1) is 11.1. The molecule has 0 atom stereocenters. The second kappa shape index (κ2) is 6.84. The van der Waals surface area contributed by atoms with Crippen LogP contribution >= 0.6 is 0 Å². The summed E-state index contributed by atoms with van der Waals surface area (Å²) >= 11 is 0. The molecule has 0 aliphatic carbocycles. The maximum atomic E-state index is 11.2. The fourth-order valence-corrected chi connectivity index (χ4v) is 2.98. The van der Waals surface area contributed by atoms with Crippen molar-refractivity contribution < 1.29 is 9.53 Å². The van der Waals surface area contributed by atoms with Crippen LogP contribution in [0.3, 0.4) is 0 Å². The summed E-state index contributed by atoms with van der Waals surface area (Å²) in [7, 11) is 1.69. The molecular formula is C19H22N2O2. The number of anilines is 1. The highest BCUT2D eigenvalue weighted by Crippen LogP contribution is 2.26. The first-order valence-corrected chi connectivity index (χ1v) is 7.89. The van der Waals surface area contributed by atoms with Gasteiger partial charge in [0.25, 0.3) is 0 Å². The summed E-state index contributed by atoms with van der Waals surface area (Å²) in [6.45, 7) is 4.48. The van der Waals surface area contributed by atoms with Gasteiger partial charge in [-0.2, -0.15) is 0 Å². The topological polar surface area (TPSA) is 41.6 Å². The zero-order chi connectivity index (χ0) is 16.2. The van der Waals surface area contributed by atoms with E-state index in [1.54, 1.807) is 7.11 Å². The summed E-state index contributed by atoms with van der Waals surface area (Å²) in [5.41, 5.74) is 4.87. The Hall–Kier alpha value is -2.33. The normalized spacial score (nSPS) is 13.7. The molecular weight excluding hydrogens is 288 g/mol. The Bertz CT molecular complexity index is 695. The van der Waals surface area contributed by atoms with E-state index in [4.69, 9.17) is 4.74 Å². The minimum atomic E-state index is -0.0284. The Morgan fingerprint density at radius 1 is 1.13 bits per heavy atom. The number of nitrogens with zero attached hydrogens (tertiary/aromatic N) is 1. The molecule has 1 N–H and O–H groups in total. The summed E-state index contributed by atoms with van der Waals surface area (Å²) in [5, 5.41) is 2.85. The number of hydrogen-bond donors (Lipinski definition) is 1. The van der Waals surface area contributed by atoms with Crippen molar-refractivity contribution in [2.24, 2.45) is 0 Å². The Morgan fingerprint density at radius 3 is 2.57 bits per heavy atom. The van der Waals surface area contributed by atoms with Crippen LogP contribution in [0, 0.1) is 0 Å². The lowest BCUT2D eigenvalue weighted by molar-refractivity contribution is -0.114. The van der Waals surface area contributed by atoms with E-state index >= 15 is 0 Å². The van der Waals surface area contributed by atoms with Crippen LogP contribution in [0.1, 0.15) is 23.6 Å². The van der Waals surface area contributed by atoms with Crippen molar-refractivity contribution >= 4 is 11.6 Å². The highest BCUT2D eigenvalue weighted by atomic mass is 16.5. The monoisotopic (exact) mass is 310 g/mol. The highest BCUT2D eigenvalue weighted by molar-refractivity contribution is 5.88. The van der Waals surface area contributed by atoms with Gasteiger partial charge >= 0.3 is 0 Å². The third kappa shape index (κ3) is 3.90. The molecule has 23 heavy (non-hydrogen) atoms. The molecule has 0 aromatic heterocycles. The zero-order valence-corrected chi connectivity index (χ0v) is 13.6. The third-order valence-corrected chi connectivity index (χ3v) is 4.19. The van der Waals surface area contributed by atoms with E-state index in [2.05, 4.69) is 34.5 Å². The van der Waals surface area contributed by atoms with Crippen molar-refractivity contribution in [3.05, 3.63) is 59.2 Å². The summed E-state index contributed by atoms with van der Waals surface area (Å²) in [5.74, 6) is 0.868. The molecule has 4 heteroatoms. The van der Waals surface area contributed by atoms with Crippen LogP contribution in [0.4, 0.5) is 5.69 Å². The number of methoxy groups -OCH3 is 1. The van der Waals surface area contributed by atoms with Gasteiger partial charge in [0, 0.05) is 32.2 Å². The van der Waals surface area contributed by atoms with Crippen molar-refractivity contribution in [2.75, 3.05) is 19.0 Å². The van der Waals surface area contributed by atoms with Crippen LogP contribution in [0.2, 0.25) is 0 Å². The second-order valence-corrected chi connectivity index (χ2v) is 5.97. The average Bonchev–Trinajstić information content (AvgIpc) is 2.95. The number of carbonyl (C=O) groups is 1. The number of nitrogens with one attached hydrogen (secondary N) is 1. The van der Waals surface area contributed by atoms with Crippen LogP contribution < -0.4 is 10.1 Å². The minimum Gasteiger partial charge on any atom is -0.497 e. The van der Waals surface area contributed by atoms with Crippen LogP contribution in [0.25, 0.3) is 0 Å². The summed E-state index contributed by atoms with van der Waals surface area (Å²) in [6.07, 6.45) is 1.02. The Balaban J connectivity index is 1.57. The van der Waals surface area contributed by atoms with Crippen molar-refractivity contribution in [1.29, 1.82) is 0 Å². The van der Waals surface area contributed by atoms with E-state index in [0.717, 1.165) is 37.5 Å². The van der Waals surface area contributed by atoms with Gasteiger partial charge in [-0.3, -0.25) is 9.69 Å². The van der Waals surface area contributed by atoms with Crippen LogP contribution in [-0.4, -0.2) is 24.5 Å². The standard InChI is InChI=1S/C19H22N2O2/c1-14(22)20-18-6-5-16-12-21(13-17(16)11-18)10-9-15-3-7-19(23-2)8-4-15/h3-8,11H,9-10,12-13H2,1-2H3,(H,20,22). The van der Waals surface area contributed by atoms with Crippen LogP contribution in [-0.2, 0) is 24.3 Å². The molecule has 1 aliphatic rings. The van der Waals surface area contributed by atoms with Crippen molar-refractivity contribution in [2.45, 2.75) is 26.4 Å². The van der Waals surface area contributed by atoms with Gasteiger partial charge in [-0.25, -0.2) is 0 Å². The molecule has 3 rings (SSSR count). The highest BCUT2D eigenvalue weighted by Gasteiger charge is 2.18. The van der Waals surface area contributed by atoms with Crippen molar-refractivity contribution in [3.8, 4) is 5.75 Å². The number of ether oxygens (including phenoxy) is 1. The smallest absolute Gasteiger partial charge is 0.221 e. The van der Waals surface area contributed by atoms with E-state index in [9.17, 15) is 4.79 Å². The van der Waals surface area contributed by atoms with Crippen molar-refractivity contribution in [1.82, 2.24) is 4.90 Å². The van der Waals surface area contributed by atoms with E-state index in [-0.39, 0.29) is 5.91 Å². The van der Waals surface area contributed by atoms with Gasteiger partial charge in [0.2, 0.25) is 5.91 Å². The maximum absolute atomic E-state index is 11.2. The molecule has 2 aromatic carbocycles. The molecule has 0 radical (unpaired) electrons. The molecule has 0 saturated carbocycles. The summed E-state index contributed by atoms with van der Waals surface area (Å²) in [4.78, 5) is 13.6. The van der Waals surface area contributed by atoms with Gasteiger partial charge in [0.1, 0.15) is 5.75 Å². The summed E-state index contributed by atoms with van der Waals surface area (Å²) < 4.78 is 5.19. The molecule has 1 amide bonds. The van der Waals surface area contributed by atoms with Gasteiger partial charge in [0.05, 0.1) is 7.11 Å². The first-order valence-electron chi connectivity index (χ1n) is 7.89. The Morgan fingerprint density at radius 2 is 1.87 bits per heavy atom. The third-order valence-electron chi connectivity index (χ3n) is 4.19. The van der Waals surface area contributed by atoms with E-state index in [1.165, 1.54) is 23.6 Å². The summed E-state index contributed by atoms with van der Waals surface area (Å²) in [6, 6.07) is 14.4. The van der Waals surface area contributed by atoms with E-state index in [0.29, 0.717) is 0 Å². The predicted octanol–water partition coefficient (Wildman–Crippen LogP) is 3.21. The lowest BCUT2D eigenvalue weighted by Gasteiger charge is -2.14. The maximum Gasteiger partial charge on any atom is 0.221 e. The van der Waals surface area contributed by atoms with E-state index < -0.39 is 0 Å². The van der Waals surface area contributed by atoms with Crippen LogP contribution in [0.5, 0.6) is 5.75 Å². The SMILES string of the molecule is COc1ccc(CCN2Cc3ccc(NC(C)=O)cc3C2)cc1. The number of hydrogen-bond acceptors (Lipinski definition) is 3. The quantitative estimate of drug-likeness (QED) is 0.922. The molecule has 0 bridgehead atoms. The largest absolute Gasteiger partial charge is 0.497 e.